The summed E-state index contributed by atoms with van der Waals surface area (Å²) in [6, 6.07) is 0. The third kappa shape index (κ3) is 9.05. The maximum atomic E-state index is 11.0. The first-order valence-electron chi connectivity index (χ1n) is 5.40. The zero-order valence-corrected chi connectivity index (χ0v) is 9.66. The van der Waals surface area contributed by atoms with Gasteiger partial charge in [-0.05, 0) is 6.42 Å². The van der Waals surface area contributed by atoms with Crippen LogP contribution in [0.15, 0.2) is 12.7 Å². The van der Waals surface area contributed by atoms with E-state index in [0.717, 1.165) is 25.3 Å². The van der Waals surface area contributed by atoms with E-state index >= 15 is 0 Å². The van der Waals surface area contributed by atoms with E-state index in [1.54, 1.807) is 0 Å². The van der Waals surface area contributed by atoms with Crippen molar-refractivity contribution in [3.05, 3.63) is 12.7 Å². The second-order valence-corrected chi connectivity index (χ2v) is 3.14. The van der Waals surface area contributed by atoms with E-state index in [4.69, 9.17) is 4.74 Å². The third-order valence-corrected chi connectivity index (χ3v) is 1.78. The minimum Gasteiger partial charge on any atom is -0.459 e. The molecule has 5 heteroatoms. The molecule has 0 aliphatic heterocycles. The molecule has 0 heterocycles. The zero-order valence-electron chi connectivity index (χ0n) is 9.66. The molecule has 0 saturated carbocycles. The molecule has 0 spiro atoms. The van der Waals surface area contributed by atoms with Gasteiger partial charge in [-0.1, -0.05) is 26.3 Å². The van der Waals surface area contributed by atoms with E-state index in [-0.39, 0.29) is 13.2 Å². The maximum absolute atomic E-state index is 11.0. The number of nitrogens with one attached hydrogen (secondary N) is 1. The lowest BCUT2D eigenvalue weighted by Gasteiger charge is -2.06. The van der Waals surface area contributed by atoms with Crippen molar-refractivity contribution in [3.8, 4) is 0 Å². The quantitative estimate of drug-likeness (QED) is 0.390. The van der Waals surface area contributed by atoms with Gasteiger partial charge >= 0.3 is 12.1 Å². The highest BCUT2D eigenvalue weighted by atomic mass is 16.6. The van der Waals surface area contributed by atoms with Crippen LogP contribution in [0.25, 0.3) is 0 Å². The van der Waals surface area contributed by atoms with Crippen LogP contribution in [0.3, 0.4) is 0 Å². The fraction of sp³-hybridized carbons (Fsp3) is 0.636. The minimum atomic E-state index is -0.521. The fourth-order valence-corrected chi connectivity index (χ4v) is 0.952. The number of carbonyl (C=O) groups is 2. The average Bonchev–Trinajstić information content (AvgIpc) is 2.30. The highest BCUT2D eigenvalue weighted by Crippen LogP contribution is 1.91. The van der Waals surface area contributed by atoms with Crippen LogP contribution in [0.4, 0.5) is 4.79 Å². The number of ether oxygens (including phenoxy) is 2. The molecular weight excluding hydrogens is 210 g/mol. The molecule has 1 amide bonds. The zero-order chi connectivity index (χ0) is 12.2. The molecule has 16 heavy (non-hydrogen) atoms. The van der Waals surface area contributed by atoms with Gasteiger partial charge in [-0.15, -0.1) is 0 Å². The smallest absolute Gasteiger partial charge is 0.407 e. The number of rotatable bonds is 8. The van der Waals surface area contributed by atoms with Crippen LogP contribution in [0.1, 0.15) is 26.2 Å². The summed E-state index contributed by atoms with van der Waals surface area (Å²) in [5.74, 6) is -0.521. The van der Waals surface area contributed by atoms with Crippen LogP contribution < -0.4 is 5.32 Å². The van der Waals surface area contributed by atoms with Gasteiger partial charge in [-0.3, -0.25) is 0 Å². The summed E-state index contributed by atoms with van der Waals surface area (Å²) < 4.78 is 9.38. The summed E-state index contributed by atoms with van der Waals surface area (Å²) in [6.45, 7) is 6.04. The number of alkyl carbamates (subject to hydrolysis) is 1. The minimum absolute atomic E-state index is 0.0488. The Bertz CT molecular complexity index is 228. The van der Waals surface area contributed by atoms with Gasteiger partial charge in [0.05, 0.1) is 0 Å². The molecule has 0 radical (unpaired) electrons. The van der Waals surface area contributed by atoms with Gasteiger partial charge in [0.25, 0.3) is 0 Å². The second-order valence-electron chi connectivity index (χ2n) is 3.14. The van der Waals surface area contributed by atoms with Crippen LogP contribution in [-0.4, -0.2) is 31.8 Å². The first kappa shape index (κ1) is 14.5. The summed E-state index contributed by atoms with van der Waals surface area (Å²) in [7, 11) is 0. The highest BCUT2D eigenvalue weighted by molar-refractivity contribution is 5.81. The van der Waals surface area contributed by atoms with Crippen LogP contribution in [0, 0.1) is 0 Å². The Kier molecular flexibility index (Phi) is 9.06. The van der Waals surface area contributed by atoms with E-state index in [0.29, 0.717) is 6.54 Å². The molecule has 5 nitrogen and oxygen atoms in total. The third-order valence-electron chi connectivity index (χ3n) is 1.78. The average molecular weight is 229 g/mol. The Morgan fingerprint density at radius 2 is 1.94 bits per heavy atom. The van der Waals surface area contributed by atoms with Crippen LogP contribution in [-0.2, 0) is 14.3 Å². The Morgan fingerprint density at radius 1 is 1.25 bits per heavy atom. The van der Waals surface area contributed by atoms with Crippen LogP contribution in [0.2, 0.25) is 0 Å². The SMILES string of the molecule is C=CC(=O)OCCOC(=O)NCCCCC. The standard InChI is InChI=1S/C11H19NO4/c1-3-5-6-7-12-11(14)16-9-8-15-10(13)4-2/h4H,2-3,5-9H2,1H3,(H,12,14). The van der Waals surface area contributed by atoms with Gasteiger partial charge < -0.3 is 14.8 Å². The van der Waals surface area contributed by atoms with Gasteiger partial charge in [0.1, 0.15) is 13.2 Å². The van der Waals surface area contributed by atoms with Crippen LogP contribution >= 0.6 is 0 Å². The summed E-state index contributed by atoms with van der Waals surface area (Å²) in [4.78, 5) is 21.6. The summed E-state index contributed by atoms with van der Waals surface area (Å²) in [5, 5.41) is 2.60. The lowest BCUT2D eigenvalue weighted by molar-refractivity contribution is -0.138. The highest BCUT2D eigenvalue weighted by Gasteiger charge is 2.01. The monoisotopic (exact) mass is 229 g/mol. The first-order valence-corrected chi connectivity index (χ1v) is 5.40. The van der Waals surface area contributed by atoms with Crippen molar-refractivity contribution in [3.63, 3.8) is 0 Å². The lowest BCUT2D eigenvalue weighted by atomic mass is 10.2. The number of carbonyl (C=O) groups excluding carboxylic acids is 2. The lowest BCUT2D eigenvalue weighted by Crippen LogP contribution is -2.26. The molecule has 0 saturated heterocycles. The molecular formula is C11H19NO4. The molecule has 0 aliphatic rings. The van der Waals surface area contributed by atoms with E-state index in [2.05, 4.69) is 23.6 Å². The molecule has 0 atom stereocenters. The first-order chi connectivity index (χ1) is 7.70. The van der Waals surface area contributed by atoms with Gasteiger partial charge in [-0.2, -0.15) is 0 Å². The molecule has 92 valence electrons. The Balaban J connectivity index is 3.30. The van der Waals surface area contributed by atoms with Gasteiger partial charge in [-0.25, -0.2) is 9.59 Å². The van der Waals surface area contributed by atoms with E-state index in [1.165, 1.54) is 0 Å². The molecule has 0 fully saturated rings. The summed E-state index contributed by atoms with van der Waals surface area (Å²) >= 11 is 0. The Hall–Kier alpha value is -1.52. The maximum Gasteiger partial charge on any atom is 0.407 e. The largest absolute Gasteiger partial charge is 0.459 e. The number of unbranched alkanes of at least 4 members (excludes halogenated alkanes) is 2. The predicted octanol–water partition coefficient (Wildman–Crippen LogP) is 1.63. The van der Waals surface area contributed by atoms with Crippen molar-refractivity contribution < 1.29 is 19.1 Å². The van der Waals surface area contributed by atoms with Crippen LogP contribution in [0.5, 0.6) is 0 Å². The molecule has 0 bridgehead atoms. The molecule has 0 aliphatic carbocycles. The second kappa shape index (κ2) is 10.0. The molecule has 0 unspecified atom stereocenters. The normalized spacial score (nSPS) is 9.31. The molecule has 0 aromatic rings. The topological polar surface area (TPSA) is 64.6 Å². The van der Waals surface area contributed by atoms with Gasteiger partial charge in [0.15, 0.2) is 0 Å². The number of hydrogen-bond acceptors (Lipinski definition) is 4. The van der Waals surface area contributed by atoms with Gasteiger partial charge in [0.2, 0.25) is 0 Å². The van der Waals surface area contributed by atoms with Gasteiger partial charge in [0, 0.05) is 12.6 Å². The van der Waals surface area contributed by atoms with Crippen molar-refractivity contribution in [2.75, 3.05) is 19.8 Å². The van der Waals surface area contributed by atoms with E-state index in [1.807, 2.05) is 0 Å². The van der Waals surface area contributed by atoms with Crippen molar-refractivity contribution in [1.29, 1.82) is 0 Å². The molecule has 1 N–H and O–H groups in total. The van der Waals surface area contributed by atoms with Crippen molar-refractivity contribution in [1.82, 2.24) is 5.32 Å². The Morgan fingerprint density at radius 3 is 2.56 bits per heavy atom. The molecule has 0 aromatic heterocycles. The number of esters is 1. The molecule has 0 aromatic carbocycles. The number of amides is 1. The summed E-state index contributed by atoms with van der Waals surface area (Å²) in [5.41, 5.74) is 0. The van der Waals surface area contributed by atoms with E-state index in [9.17, 15) is 9.59 Å². The van der Waals surface area contributed by atoms with Crippen molar-refractivity contribution in [2.24, 2.45) is 0 Å². The fourth-order valence-electron chi connectivity index (χ4n) is 0.952. The summed E-state index contributed by atoms with van der Waals surface area (Å²) in [6.07, 6.45) is 3.71. The predicted molar refractivity (Wildman–Crippen MR) is 60.0 cm³/mol. The number of hydrogen-bond donors (Lipinski definition) is 1. The van der Waals surface area contributed by atoms with Crippen molar-refractivity contribution in [2.45, 2.75) is 26.2 Å². The van der Waals surface area contributed by atoms with Crippen molar-refractivity contribution >= 4 is 12.1 Å². The van der Waals surface area contributed by atoms with E-state index < -0.39 is 12.1 Å². The Labute approximate surface area is 95.8 Å². The molecule has 0 rings (SSSR count).